The van der Waals surface area contributed by atoms with Crippen molar-refractivity contribution in [1.82, 2.24) is 15.5 Å². The molecular formula is C19H38N4O2. The van der Waals surface area contributed by atoms with Gasteiger partial charge in [-0.05, 0) is 44.1 Å². The number of nitrogens with zero attached hydrogens (tertiary/aromatic N) is 2. The molecular weight excluding hydrogens is 316 g/mol. The van der Waals surface area contributed by atoms with Gasteiger partial charge in [0.2, 0.25) is 0 Å². The van der Waals surface area contributed by atoms with Gasteiger partial charge in [0.05, 0.1) is 13.2 Å². The van der Waals surface area contributed by atoms with E-state index in [4.69, 9.17) is 9.47 Å². The molecule has 0 aromatic heterocycles. The number of rotatable bonds is 10. The van der Waals surface area contributed by atoms with Gasteiger partial charge in [-0.15, -0.1) is 0 Å². The van der Waals surface area contributed by atoms with Crippen LogP contribution in [0.15, 0.2) is 4.99 Å². The van der Waals surface area contributed by atoms with Crippen LogP contribution in [0, 0.1) is 5.41 Å². The van der Waals surface area contributed by atoms with Crippen LogP contribution < -0.4 is 10.6 Å². The molecule has 0 aromatic carbocycles. The van der Waals surface area contributed by atoms with Crippen LogP contribution in [0.3, 0.4) is 0 Å². The first-order chi connectivity index (χ1) is 12.3. The van der Waals surface area contributed by atoms with E-state index in [1.807, 2.05) is 7.05 Å². The Labute approximate surface area is 153 Å². The maximum atomic E-state index is 5.39. The Bertz CT molecular complexity index is 378. The summed E-state index contributed by atoms with van der Waals surface area (Å²) in [5.41, 5.74) is 0.393. The Morgan fingerprint density at radius 3 is 2.60 bits per heavy atom. The predicted octanol–water partition coefficient (Wildman–Crippen LogP) is 1.86. The van der Waals surface area contributed by atoms with Gasteiger partial charge in [0.1, 0.15) is 0 Å². The van der Waals surface area contributed by atoms with Crippen molar-refractivity contribution in [3.8, 4) is 0 Å². The van der Waals surface area contributed by atoms with E-state index in [1.54, 1.807) is 7.11 Å². The lowest BCUT2D eigenvalue weighted by atomic mass is 9.83. The van der Waals surface area contributed by atoms with Crippen LogP contribution in [0.25, 0.3) is 0 Å². The van der Waals surface area contributed by atoms with Crippen LogP contribution in [-0.2, 0) is 9.47 Å². The first-order valence-electron chi connectivity index (χ1n) is 10.0. The molecule has 2 N–H and O–H groups in total. The first kappa shape index (κ1) is 20.5. The van der Waals surface area contributed by atoms with E-state index in [-0.39, 0.29) is 0 Å². The maximum Gasteiger partial charge on any atom is 0.190 e. The second-order valence-corrected chi connectivity index (χ2v) is 7.46. The summed E-state index contributed by atoms with van der Waals surface area (Å²) in [7, 11) is 3.66. The van der Waals surface area contributed by atoms with Crippen molar-refractivity contribution in [3.05, 3.63) is 0 Å². The van der Waals surface area contributed by atoms with Crippen LogP contribution in [0.1, 0.15) is 44.9 Å². The van der Waals surface area contributed by atoms with Gasteiger partial charge < -0.3 is 20.1 Å². The minimum absolute atomic E-state index is 0.393. The highest BCUT2D eigenvalue weighted by Gasteiger charge is 2.33. The highest BCUT2D eigenvalue weighted by Crippen LogP contribution is 2.40. The number of morpholine rings is 1. The molecule has 0 amide bonds. The van der Waals surface area contributed by atoms with Gasteiger partial charge in [0.15, 0.2) is 5.96 Å². The standard InChI is InChI=1S/C19H38N4O2/c1-20-18(21-10-5-6-11-23-12-15-25-16-13-23)22-17-19(9-14-24-2)7-3-4-8-19/h3-17H2,1-2H3,(H2,20,21,22). The monoisotopic (exact) mass is 354 g/mol. The molecule has 0 spiro atoms. The second-order valence-electron chi connectivity index (χ2n) is 7.46. The normalized spacial score (nSPS) is 21.4. The summed E-state index contributed by atoms with van der Waals surface area (Å²) in [4.78, 5) is 6.88. The Hall–Kier alpha value is -0.850. The van der Waals surface area contributed by atoms with E-state index in [1.165, 1.54) is 45.1 Å². The molecule has 1 aliphatic carbocycles. The average Bonchev–Trinajstić information content (AvgIpc) is 3.12. The van der Waals surface area contributed by atoms with E-state index in [2.05, 4.69) is 20.5 Å². The summed E-state index contributed by atoms with van der Waals surface area (Å²) in [6, 6.07) is 0. The van der Waals surface area contributed by atoms with E-state index < -0.39 is 0 Å². The fourth-order valence-corrected chi connectivity index (χ4v) is 3.94. The smallest absolute Gasteiger partial charge is 0.190 e. The molecule has 0 atom stereocenters. The van der Waals surface area contributed by atoms with Crippen molar-refractivity contribution in [2.75, 3.05) is 66.7 Å². The van der Waals surface area contributed by atoms with Crippen molar-refractivity contribution < 1.29 is 9.47 Å². The van der Waals surface area contributed by atoms with Gasteiger partial charge in [0, 0.05) is 46.9 Å². The van der Waals surface area contributed by atoms with Crippen molar-refractivity contribution in [2.45, 2.75) is 44.9 Å². The third-order valence-corrected chi connectivity index (χ3v) is 5.65. The molecule has 6 heteroatoms. The fraction of sp³-hybridized carbons (Fsp3) is 0.947. The van der Waals surface area contributed by atoms with Gasteiger partial charge >= 0.3 is 0 Å². The molecule has 146 valence electrons. The fourth-order valence-electron chi connectivity index (χ4n) is 3.94. The van der Waals surface area contributed by atoms with Crippen molar-refractivity contribution in [2.24, 2.45) is 10.4 Å². The minimum Gasteiger partial charge on any atom is -0.385 e. The second kappa shape index (κ2) is 11.7. The summed E-state index contributed by atoms with van der Waals surface area (Å²) in [5.74, 6) is 0.940. The van der Waals surface area contributed by atoms with Gasteiger partial charge in [-0.25, -0.2) is 0 Å². The van der Waals surface area contributed by atoms with Crippen molar-refractivity contribution in [1.29, 1.82) is 0 Å². The Kier molecular flexibility index (Phi) is 9.58. The zero-order valence-corrected chi connectivity index (χ0v) is 16.3. The Morgan fingerprint density at radius 1 is 1.16 bits per heavy atom. The summed E-state index contributed by atoms with van der Waals surface area (Å²) >= 11 is 0. The Balaban J connectivity index is 1.59. The third kappa shape index (κ3) is 7.50. The quantitative estimate of drug-likeness (QED) is 0.356. The third-order valence-electron chi connectivity index (χ3n) is 5.65. The van der Waals surface area contributed by atoms with Crippen LogP contribution >= 0.6 is 0 Å². The van der Waals surface area contributed by atoms with E-state index in [0.717, 1.165) is 58.4 Å². The number of hydrogen-bond donors (Lipinski definition) is 2. The summed E-state index contributed by atoms with van der Waals surface area (Å²) < 4.78 is 10.7. The number of methoxy groups -OCH3 is 1. The van der Waals surface area contributed by atoms with Crippen LogP contribution in [-0.4, -0.2) is 77.6 Å². The molecule has 25 heavy (non-hydrogen) atoms. The van der Waals surface area contributed by atoms with E-state index >= 15 is 0 Å². The topological polar surface area (TPSA) is 58.1 Å². The predicted molar refractivity (Wildman–Crippen MR) is 103 cm³/mol. The number of guanidine groups is 1. The molecule has 2 fully saturated rings. The first-order valence-corrected chi connectivity index (χ1v) is 10.0. The summed E-state index contributed by atoms with van der Waals surface area (Å²) in [6.07, 6.45) is 8.85. The maximum absolute atomic E-state index is 5.39. The lowest BCUT2D eigenvalue weighted by molar-refractivity contribution is 0.0372. The SMILES string of the molecule is CN=C(NCCCCN1CCOCC1)NCC1(CCOC)CCCC1. The molecule has 6 nitrogen and oxygen atoms in total. The van der Waals surface area contributed by atoms with E-state index in [0.29, 0.717) is 5.41 Å². The molecule has 1 saturated carbocycles. The zero-order chi connectivity index (χ0) is 17.8. The molecule has 0 radical (unpaired) electrons. The van der Waals surface area contributed by atoms with E-state index in [9.17, 15) is 0 Å². The number of unbranched alkanes of at least 4 members (excludes halogenated alkanes) is 1. The molecule has 2 aliphatic rings. The summed E-state index contributed by atoms with van der Waals surface area (Å²) in [6.45, 7) is 7.96. The molecule has 1 aliphatic heterocycles. The largest absolute Gasteiger partial charge is 0.385 e. The van der Waals surface area contributed by atoms with Crippen molar-refractivity contribution >= 4 is 5.96 Å². The summed E-state index contributed by atoms with van der Waals surface area (Å²) in [5, 5.41) is 7.03. The van der Waals surface area contributed by atoms with Crippen LogP contribution in [0.2, 0.25) is 0 Å². The molecule has 2 rings (SSSR count). The average molecular weight is 355 g/mol. The highest BCUT2D eigenvalue weighted by atomic mass is 16.5. The lowest BCUT2D eigenvalue weighted by Gasteiger charge is -2.30. The molecule has 0 unspecified atom stereocenters. The zero-order valence-electron chi connectivity index (χ0n) is 16.3. The number of ether oxygens (including phenoxy) is 2. The minimum atomic E-state index is 0.393. The van der Waals surface area contributed by atoms with Crippen LogP contribution in [0.5, 0.6) is 0 Å². The van der Waals surface area contributed by atoms with Gasteiger partial charge in [0.25, 0.3) is 0 Å². The number of aliphatic imine (C=N–C) groups is 1. The molecule has 0 aromatic rings. The highest BCUT2D eigenvalue weighted by molar-refractivity contribution is 5.79. The van der Waals surface area contributed by atoms with Crippen molar-refractivity contribution in [3.63, 3.8) is 0 Å². The molecule has 0 bridgehead atoms. The number of nitrogens with one attached hydrogen (secondary N) is 2. The van der Waals surface area contributed by atoms with Crippen LogP contribution in [0.4, 0.5) is 0 Å². The Morgan fingerprint density at radius 2 is 1.92 bits per heavy atom. The van der Waals surface area contributed by atoms with Gasteiger partial charge in [-0.3, -0.25) is 9.89 Å². The van der Waals surface area contributed by atoms with Gasteiger partial charge in [-0.1, -0.05) is 12.8 Å². The number of hydrogen-bond acceptors (Lipinski definition) is 4. The lowest BCUT2D eigenvalue weighted by Crippen LogP contribution is -2.43. The molecule has 1 saturated heterocycles. The molecule has 1 heterocycles. The van der Waals surface area contributed by atoms with Gasteiger partial charge in [-0.2, -0.15) is 0 Å².